The molecule has 0 unspecified atom stereocenters. The number of fused-ring (bicyclic) bond motifs is 2. The Hall–Kier alpha value is -3.39. The molecule has 0 N–H and O–H groups in total. The minimum atomic E-state index is -0.317. The number of aromatic nitrogens is 4. The van der Waals surface area contributed by atoms with E-state index in [0.29, 0.717) is 27.4 Å². The number of para-hydroxylation sites is 1. The Morgan fingerprint density at radius 1 is 1.10 bits per heavy atom. The summed E-state index contributed by atoms with van der Waals surface area (Å²) in [6, 6.07) is 11.3. The van der Waals surface area contributed by atoms with Gasteiger partial charge in [-0.3, -0.25) is 14.6 Å². The monoisotopic (exact) mass is 403 g/mol. The number of carbonyl (C=O) groups is 1. The quantitative estimate of drug-likeness (QED) is 0.522. The number of anilines is 1. The van der Waals surface area contributed by atoms with E-state index in [1.54, 1.807) is 23.4 Å². The molecule has 1 aromatic carbocycles. The van der Waals surface area contributed by atoms with E-state index in [2.05, 4.69) is 22.0 Å². The van der Waals surface area contributed by atoms with Crippen molar-refractivity contribution >= 4 is 33.5 Å². The summed E-state index contributed by atoms with van der Waals surface area (Å²) in [7, 11) is 0. The lowest BCUT2D eigenvalue weighted by atomic mass is 10.1. The van der Waals surface area contributed by atoms with Gasteiger partial charge in [0, 0.05) is 30.1 Å². The van der Waals surface area contributed by atoms with Crippen molar-refractivity contribution in [1.29, 1.82) is 0 Å². The Morgan fingerprint density at radius 2 is 1.97 bits per heavy atom. The van der Waals surface area contributed by atoms with E-state index >= 15 is 0 Å². The average molecular weight is 403 g/mol. The molecule has 0 radical (unpaired) electrons. The molecule has 0 spiro atoms. The lowest BCUT2D eigenvalue weighted by molar-refractivity contribution is -0.113. The predicted molar refractivity (Wildman–Crippen MR) is 112 cm³/mol. The summed E-state index contributed by atoms with van der Waals surface area (Å²) in [6.07, 6.45) is 5.22. The van der Waals surface area contributed by atoms with Crippen LogP contribution in [-0.2, 0) is 4.79 Å². The molecular formula is C21H17N5O2S. The Balaban J connectivity index is 1.70. The van der Waals surface area contributed by atoms with Crippen molar-refractivity contribution < 1.29 is 4.79 Å². The van der Waals surface area contributed by atoms with Gasteiger partial charge in [-0.2, -0.15) is 9.50 Å². The van der Waals surface area contributed by atoms with Crippen LogP contribution in [0.2, 0.25) is 0 Å². The fourth-order valence-electron chi connectivity index (χ4n) is 3.54. The number of benzene rings is 1. The summed E-state index contributed by atoms with van der Waals surface area (Å²) >= 11 is 1.20. The van der Waals surface area contributed by atoms with Gasteiger partial charge in [-0.05, 0) is 24.6 Å². The van der Waals surface area contributed by atoms with E-state index < -0.39 is 0 Å². The average Bonchev–Trinajstić information content (AvgIpc) is 3.38. The van der Waals surface area contributed by atoms with Gasteiger partial charge in [-0.25, -0.2) is 0 Å². The molecule has 0 bridgehead atoms. The first-order chi connectivity index (χ1) is 14.2. The summed E-state index contributed by atoms with van der Waals surface area (Å²) < 4.78 is 1.66. The van der Waals surface area contributed by atoms with Gasteiger partial charge in [0.15, 0.2) is 5.82 Å². The van der Waals surface area contributed by atoms with Crippen LogP contribution < -0.4 is 15.0 Å². The summed E-state index contributed by atoms with van der Waals surface area (Å²) in [5.41, 5.74) is 2.52. The molecule has 4 heterocycles. The Bertz CT molecular complexity index is 1340. The van der Waals surface area contributed by atoms with Crippen molar-refractivity contribution in [1.82, 2.24) is 19.6 Å². The third-order valence-electron chi connectivity index (χ3n) is 4.96. The molecule has 0 atom stereocenters. The van der Waals surface area contributed by atoms with Crippen molar-refractivity contribution in [2.75, 3.05) is 11.4 Å². The maximum absolute atomic E-state index is 13.2. The zero-order valence-corrected chi connectivity index (χ0v) is 16.5. The Kier molecular flexibility index (Phi) is 4.21. The van der Waals surface area contributed by atoms with Crippen LogP contribution >= 0.6 is 11.3 Å². The van der Waals surface area contributed by atoms with Crippen LogP contribution in [0.25, 0.3) is 21.9 Å². The number of nitrogens with zero attached hydrogens (tertiary/aromatic N) is 5. The largest absolute Gasteiger partial charge is 0.308 e. The predicted octanol–water partition coefficient (Wildman–Crippen LogP) is 2.28. The molecule has 0 aliphatic carbocycles. The second kappa shape index (κ2) is 6.89. The van der Waals surface area contributed by atoms with E-state index in [4.69, 9.17) is 0 Å². The normalized spacial score (nSPS) is 15.3. The van der Waals surface area contributed by atoms with Gasteiger partial charge in [-0.15, -0.1) is 5.10 Å². The van der Waals surface area contributed by atoms with E-state index in [9.17, 15) is 9.59 Å². The third kappa shape index (κ3) is 2.75. The van der Waals surface area contributed by atoms with E-state index in [-0.39, 0.29) is 11.5 Å². The maximum atomic E-state index is 13.2. The number of pyridine rings is 1. The lowest BCUT2D eigenvalue weighted by Gasteiger charge is -2.16. The van der Waals surface area contributed by atoms with Gasteiger partial charge >= 0.3 is 0 Å². The first-order valence-corrected chi connectivity index (χ1v) is 10.3. The van der Waals surface area contributed by atoms with E-state index in [1.807, 2.05) is 30.3 Å². The second-order valence-electron chi connectivity index (χ2n) is 6.81. The number of thiazole rings is 1. The van der Waals surface area contributed by atoms with Gasteiger partial charge in [-0.1, -0.05) is 42.9 Å². The molecule has 4 aromatic rings. The van der Waals surface area contributed by atoms with Crippen molar-refractivity contribution in [2.45, 2.75) is 19.8 Å². The first kappa shape index (κ1) is 17.7. The van der Waals surface area contributed by atoms with Crippen LogP contribution in [-0.4, -0.2) is 32.0 Å². The third-order valence-corrected chi connectivity index (χ3v) is 5.99. The van der Waals surface area contributed by atoms with Gasteiger partial charge in [0.25, 0.3) is 11.5 Å². The fraction of sp³-hybridized carbons (Fsp3) is 0.190. The van der Waals surface area contributed by atoms with Gasteiger partial charge in [0.05, 0.1) is 11.3 Å². The molecule has 1 amide bonds. The van der Waals surface area contributed by atoms with Gasteiger partial charge in [0.2, 0.25) is 4.96 Å². The number of carbonyl (C=O) groups excluding carboxylic acids is 1. The number of amides is 1. The molecule has 3 aromatic heterocycles. The lowest BCUT2D eigenvalue weighted by Crippen LogP contribution is -2.33. The highest BCUT2D eigenvalue weighted by atomic mass is 32.1. The minimum absolute atomic E-state index is 0.131. The Morgan fingerprint density at radius 3 is 2.72 bits per heavy atom. The summed E-state index contributed by atoms with van der Waals surface area (Å²) in [4.78, 5) is 37.1. The summed E-state index contributed by atoms with van der Waals surface area (Å²) in [5, 5.41) is 4.35. The maximum Gasteiger partial charge on any atom is 0.291 e. The molecule has 5 rings (SSSR count). The summed E-state index contributed by atoms with van der Waals surface area (Å²) in [5.74, 6) is 0.314. The number of hydrogen-bond acceptors (Lipinski definition) is 6. The molecule has 1 aliphatic rings. The molecular weight excluding hydrogens is 386 g/mol. The SMILES string of the molecule is CCCCN1C(=O)/C(=c2\sc3nc(-c4cccnc4)nn3c2=O)c2ccccc21. The summed E-state index contributed by atoms with van der Waals surface area (Å²) in [6.45, 7) is 2.72. The number of rotatable bonds is 4. The molecule has 8 heteroatoms. The van der Waals surface area contributed by atoms with Crippen LogP contribution in [0.1, 0.15) is 25.3 Å². The highest BCUT2D eigenvalue weighted by Gasteiger charge is 2.33. The van der Waals surface area contributed by atoms with Crippen LogP contribution in [0.5, 0.6) is 0 Å². The van der Waals surface area contributed by atoms with Crippen molar-refractivity contribution in [3.05, 3.63) is 69.2 Å². The number of hydrogen-bond donors (Lipinski definition) is 0. The van der Waals surface area contributed by atoms with Crippen LogP contribution in [0, 0.1) is 0 Å². The highest BCUT2D eigenvalue weighted by Crippen LogP contribution is 2.35. The van der Waals surface area contributed by atoms with Crippen molar-refractivity contribution in [3.63, 3.8) is 0 Å². The molecule has 1 aliphatic heterocycles. The fourth-order valence-corrected chi connectivity index (χ4v) is 4.54. The number of unbranched alkanes of at least 4 members (excludes halogenated alkanes) is 1. The van der Waals surface area contributed by atoms with Crippen molar-refractivity contribution in [2.24, 2.45) is 0 Å². The standard InChI is InChI=1S/C21H17N5O2S/c1-2-3-11-25-15-9-5-4-8-14(15)16(19(25)27)17-20(28)26-21(29-17)23-18(24-26)13-7-6-10-22-12-13/h4-10,12H,2-3,11H2,1H3/b17-16-. The molecule has 0 saturated carbocycles. The van der Waals surface area contributed by atoms with Crippen LogP contribution in [0.4, 0.5) is 5.69 Å². The molecule has 0 fully saturated rings. The van der Waals surface area contributed by atoms with Crippen LogP contribution in [0.3, 0.4) is 0 Å². The molecule has 144 valence electrons. The topological polar surface area (TPSA) is 80.5 Å². The van der Waals surface area contributed by atoms with Gasteiger partial charge < -0.3 is 4.90 Å². The molecule has 29 heavy (non-hydrogen) atoms. The molecule has 0 saturated heterocycles. The van der Waals surface area contributed by atoms with E-state index in [0.717, 1.165) is 29.7 Å². The smallest absolute Gasteiger partial charge is 0.291 e. The van der Waals surface area contributed by atoms with E-state index in [1.165, 1.54) is 15.9 Å². The van der Waals surface area contributed by atoms with Gasteiger partial charge in [0.1, 0.15) is 4.53 Å². The highest BCUT2D eigenvalue weighted by molar-refractivity contribution is 7.15. The Labute approximate surface area is 170 Å². The minimum Gasteiger partial charge on any atom is -0.308 e. The second-order valence-corrected chi connectivity index (χ2v) is 7.79. The molecule has 7 nitrogen and oxygen atoms in total. The zero-order valence-electron chi connectivity index (χ0n) is 15.7. The zero-order chi connectivity index (χ0) is 20.0. The van der Waals surface area contributed by atoms with Crippen LogP contribution in [0.15, 0.2) is 53.6 Å². The van der Waals surface area contributed by atoms with Crippen molar-refractivity contribution in [3.8, 4) is 11.4 Å². The first-order valence-electron chi connectivity index (χ1n) is 9.44.